The third-order valence-corrected chi connectivity index (χ3v) is 3.90. The van der Waals surface area contributed by atoms with Crippen LogP contribution in [0.3, 0.4) is 0 Å². The summed E-state index contributed by atoms with van der Waals surface area (Å²) in [5.41, 5.74) is 0. The van der Waals surface area contributed by atoms with E-state index in [2.05, 4.69) is 6.92 Å². The maximum atomic E-state index is 11.3. The lowest BCUT2D eigenvalue weighted by Crippen LogP contribution is -2.28. The average Bonchev–Trinajstić information content (AvgIpc) is 2.34. The van der Waals surface area contributed by atoms with E-state index in [-0.39, 0.29) is 12.1 Å². The van der Waals surface area contributed by atoms with Crippen LogP contribution in [-0.2, 0) is 13.6 Å². The summed E-state index contributed by atoms with van der Waals surface area (Å²) < 4.78 is 10.8. The highest BCUT2D eigenvalue weighted by molar-refractivity contribution is 6.67. The molecule has 0 aliphatic carbocycles. The highest BCUT2D eigenvalue weighted by atomic mass is 28.4. The van der Waals surface area contributed by atoms with E-state index >= 15 is 0 Å². The predicted molar refractivity (Wildman–Crippen MR) is 57.2 cm³/mol. The molecule has 0 spiro atoms. The van der Waals surface area contributed by atoms with Gasteiger partial charge in [0.2, 0.25) is 0 Å². The van der Waals surface area contributed by atoms with Gasteiger partial charge in [0.15, 0.2) is 0 Å². The zero-order valence-corrected chi connectivity index (χ0v) is 10.3. The molecular weight excluding hydrogens is 196 g/mol. The summed E-state index contributed by atoms with van der Waals surface area (Å²) in [6, 6.07) is 0. The Kier molecular flexibility index (Phi) is 4.13. The molecule has 1 atom stereocenters. The van der Waals surface area contributed by atoms with Crippen molar-refractivity contribution in [2.24, 2.45) is 0 Å². The van der Waals surface area contributed by atoms with Gasteiger partial charge in [0, 0.05) is 0 Å². The van der Waals surface area contributed by atoms with E-state index in [1.54, 1.807) is 0 Å². The van der Waals surface area contributed by atoms with Crippen LogP contribution in [0.25, 0.3) is 0 Å². The van der Waals surface area contributed by atoms with Crippen molar-refractivity contribution >= 4 is 14.5 Å². The van der Waals surface area contributed by atoms with E-state index in [1.165, 1.54) is 19.3 Å². The molecule has 0 aromatic heterocycles. The summed E-state index contributed by atoms with van der Waals surface area (Å²) in [5.74, 6) is -0.141. The lowest BCUT2D eigenvalue weighted by Gasteiger charge is -2.11. The molecule has 82 valence electrons. The molecule has 0 N–H and O–H groups in total. The van der Waals surface area contributed by atoms with Gasteiger partial charge in [0.25, 0.3) is 0 Å². The van der Waals surface area contributed by atoms with Crippen molar-refractivity contribution in [2.45, 2.75) is 58.2 Å². The largest absolute Gasteiger partial charge is 0.493 e. The van der Waals surface area contributed by atoms with Gasteiger partial charge in [-0.25, -0.2) is 0 Å². The zero-order chi connectivity index (χ0) is 10.6. The number of carbonyl (C=O) groups excluding carboxylic acids is 1. The molecular formula is C10H20O3Si. The fourth-order valence-electron chi connectivity index (χ4n) is 1.66. The molecule has 1 aliphatic heterocycles. The van der Waals surface area contributed by atoms with Crippen LogP contribution in [0.1, 0.15) is 39.0 Å². The van der Waals surface area contributed by atoms with Crippen LogP contribution in [0.15, 0.2) is 0 Å². The molecule has 1 saturated heterocycles. The molecule has 3 nitrogen and oxygen atoms in total. The first kappa shape index (κ1) is 11.7. The first-order chi connectivity index (χ1) is 6.55. The minimum absolute atomic E-state index is 0.141. The highest BCUT2D eigenvalue weighted by Gasteiger charge is 2.43. The monoisotopic (exact) mass is 216 g/mol. The van der Waals surface area contributed by atoms with Crippen LogP contribution in [0, 0.1) is 0 Å². The van der Waals surface area contributed by atoms with Crippen molar-refractivity contribution in [1.29, 1.82) is 0 Å². The molecule has 1 rings (SSSR count). The van der Waals surface area contributed by atoms with Crippen molar-refractivity contribution in [3.8, 4) is 0 Å². The fraction of sp³-hybridized carbons (Fsp3) is 0.900. The summed E-state index contributed by atoms with van der Waals surface area (Å²) in [7, 11) is -2.08. The third kappa shape index (κ3) is 3.42. The molecule has 1 heterocycles. The van der Waals surface area contributed by atoms with E-state index in [1.807, 2.05) is 13.1 Å². The van der Waals surface area contributed by atoms with Crippen LogP contribution in [0.4, 0.5) is 0 Å². The summed E-state index contributed by atoms with van der Waals surface area (Å²) in [5, 5.41) is 0. The first-order valence-electron chi connectivity index (χ1n) is 5.46. The first-order valence-corrected chi connectivity index (χ1v) is 8.27. The molecule has 0 saturated carbocycles. The summed E-state index contributed by atoms with van der Waals surface area (Å²) in [6.45, 7) is 6.00. The van der Waals surface area contributed by atoms with E-state index in [0.717, 1.165) is 12.8 Å². The van der Waals surface area contributed by atoms with Gasteiger partial charge < -0.3 is 8.85 Å². The molecule has 0 aromatic carbocycles. The standard InChI is InChI=1S/C10H20O3Si/c1-4-5-6-7-8-9-10(11)13-14(2,3)12-9/h9H,4-8H2,1-3H3. The SMILES string of the molecule is CCCCCCC1O[Si](C)(C)OC1=O. The van der Waals surface area contributed by atoms with E-state index < -0.39 is 8.56 Å². The Hall–Kier alpha value is -0.353. The number of carbonyl (C=O) groups is 1. The maximum Gasteiger partial charge on any atom is 0.396 e. The normalized spacial score (nSPS) is 25.1. The Morgan fingerprint density at radius 3 is 2.50 bits per heavy atom. The molecule has 0 amide bonds. The van der Waals surface area contributed by atoms with Crippen LogP contribution in [0.2, 0.25) is 13.1 Å². The Bertz CT molecular complexity index is 204. The van der Waals surface area contributed by atoms with Gasteiger partial charge in [-0.3, -0.25) is 4.79 Å². The predicted octanol–water partition coefficient (Wildman–Crippen LogP) is 2.60. The Labute approximate surface area is 87.0 Å². The maximum absolute atomic E-state index is 11.3. The second kappa shape index (κ2) is 4.93. The van der Waals surface area contributed by atoms with E-state index in [4.69, 9.17) is 8.85 Å². The lowest BCUT2D eigenvalue weighted by atomic mass is 10.1. The molecule has 1 aliphatic rings. The summed E-state index contributed by atoms with van der Waals surface area (Å²) in [4.78, 5) is 11.3. The minimum Gasteiger partial charge on any atom is -0.493 e. The van der Waals surface area contributed by atoms with Crippen molar-refractivity contribution in [3.63, 3.8) is 0 Å². The molecule has 1 unspecified atom stereocenters. The third-order valence-electron chi connectivity index (χ3n) is 2.36. The van der Waals surface area contributed by atoms with Crippen LogP contribution < -0.4 is 0 Å². The van der Waals surface area contributed by atoms with Crippen LogP contribution in [0.5, 0.6) is 0 Å². The van der Waals surface area contributed by atoms with Gasteiger partial charge in [-0.2, -0.15) is 0 Å². The number of hydrogen-bond acceptors (Lipinski definition) is 3. The highest BCUT2D eigenvalue weighted by Crippen LogP contribution is 2.23. The quantitative estimate of drug-likeness (QED) is 0.523. The Morgan fingerprint density at radius 1 is 1.29 bits per heavy atom. The van der Waals surface area contributed by atoms with Crippen molar-refractivity contribution < 1.29 is 13.6 Å². The summed E-state index contributed by atoms with van der Waals surface area (Å²) in [6.07, 6.45) is 5.27. The van der Waals surface area contributed by atoms with Gasteiger partial charge in [-0.15, -0.1) is 0 Å². The van der Waals surface area contributed by atoms with Gasteiger partial charge >= 0.3 is 14.5 Å². The van der Waals surface area contributed by atoms with E-state index in [9.17, 15) is 4.79 Å². The van der Waals surface area contributed by atoms with Crippen LogP contribution >= 0.6 is 0 Å². The van der Waals surface area contributed by atoms with Gasteiger partial charge in [0.1, 0.15) is 6.10 Å². The van der Waals surface area contributed by atoms with Gasteiger partial charge in [0.05, 0.1) is 0 Å². The summed E-state index contributed by atoms with van der Waals surface area (Å²) >= 11 is 0. The Morgan fingerprint density at radius 2 is 2.00 bits per heavy atom. The van der Waals surface area contributed by atoms with Crippen molar-refractivity contribution in [2.75, 3.05) is 0 Å². The molecule has 1 fully saturated rings. The number of hydrogen-bond donors (Lipinski definition) is 0. The van der Waals surface area contributed by atoms with Crippen molar-refractivity contribution in [3.05, 3.63) is 0 Å². The Balaban J connectivity index is 2.22. The average molecular weight is 216 g/mol. The van der Waals surface area contributed by atoms with Gasteiger partial charge in [-0.1, -0.05) is 32.6 Å². The van der Waals surface area contributed by atoms with Crippen LogP contribution in [-0.4, -0.2) is 20.6 Å². The number of rotatable bonds is 5. The van der Waals surface area contributed by atoms with Crippen molar-refractivity contribution in [1.82, 2.24) is 0 Å². The molecule has 0 bridgehead atoms. The van der Waals surface area contributed by atoms with Gasteiger partial charge in [-0.05, 0) is 19.5 Å². The second-order valence-corrected chi connectivity index (χ2v) is 7.52. The molecule has 0 radical (unpaired) electrons. The lowest BCUT2D eigenvalue weighted by molar-refractivity contribution is -0.136. The second-order valence-electron chi connectivity index (χ2n) is 4.28. The molecule has 4 heteroatoms. The fourth-order valence-corrected chi connectivity index (χ4v) is 3.22. The minimum atomic E-state index is -2.08. The van der Waals surface area contributed by atoms with E-state index in [0.29, 0.717) is 0 Å². The smallest absolute Gasteiger partial charge is 0.396 e. The topological polar surface area (TPSA) is 35.5 Å². The number of unbranched alkanes of at least 4 members (excludes halogenated alkanes) is 3. The molecule has 14 heavy (non-hydrogen) atoms. The zero-order valence-electron chi connectivity index (χ0n) is 9.34. The molecule has 0 aromatic rings.